The Balaban J connectivity index is 4.25. The molecular weight excluding hydrogens is 552 g/mol. The quantitative estimate of drug-likeness (QED) is 0.0410. The molecule has 0 heterocycles. The van der Waals surface area contributed by atoms with E-state index in [2.05, 4.69) is 27.7 Å². The van der Waals surface area contributed by atoms with Gasteiger partial charge in [-0.3, -0.25) is 14.4 Å². The Morgan fingerprint density at radius 1 is 0.455 bits per heavy atom. The first kappa shape index (κ1) is 42.4. The summed E-state index contributed by atoms with van der Waals surface area (Å²) in [4.78, 5) is 37.1. The number of esters is 3. The highest BCUT2D eigenvalue weighted by atomic mass is 16.6. The van der Waals surface area contributed by atoms with E-state index in [1.807, 2.05) is 0 Å². The van der Waals surface area contributed by atoms with Gasteiger partial charge in [0.15, 0.2) is 6.10 Å². The summed E-state index contributed by atoms with van der Waals surface area (Å²) in [5.41, 5.74) is 0. The lowest BCUT2D eigenvalue weighted by molar-refractivity contribution is -0.167. The molecule has 0 amide bonds. The van der Waals surface area contributed by atoms with Crippen LogP contribution in [-0.2, 0) is 28.6 Å². The summed E-state index contributed by atoms with van der Waals surface area (Å²) in [5.74, 6) is -0.0358. The molecule has 0 aromatic carbocycles. The molecule has 0 N–H and O–H groups in total. The highest BCUT2D eigenvalue weighted by Crippen LogP contribution is 2.16. The van der Waals surface area contributed by atoms with Crippen molar-refractivity contribution < 1.29 is 28.6 Å². The van der Waals surface area contributed by atoms with E-state index in [1.165, 1.54) is 89.9 Å². The minimum Gasteiger partial charge on any atom is -0.462 e. The topological polar surface area (TPSA) is 78.9 Å². The number of unbranched alkanes of at least 4 members (excludes halogenated alkanes) is 19. The molecule has 2 atom stereocenters. The van der Waals surface area contributed by atoms with Crippen molar-refractivity contribution in [2.24, 2.45) is 5.92 Å². The van der Waals surface area contributed by atoms with Crippen LogP contribution in [0.5, 0.6) is 0 Å². The van der Waals surface area contributed by atoms with E-state index >= 15 is 0 Å². The number of hydrogen-bond donors (Lipinski definition) is 0. The standard InChI is InChI=1S/C38H72O6/c1-5-8-10-12-13-14-18-22-25-29-36(39)42-32-35(44-38(41)31-27-20-11-9-6-2)33-43-37(40)30-26-23-19-16-15-17-21-24-28-34(4)7-3/h34-35H,5-33H2,1-4H3/t34?,35-/m0/s1. The van der Waals surface area contributed by atoms with Crippen LogP contribution in [0.2, 0.25) is 0 Å². The molecular formula is C38H72O6. The van der Waals surface area contributed by atoms with E-state index in [9.17, 15) is 14.4 Å². The molecule has 0 rings (SSSR count). The predicted octanol–water partition coefficient (Wildman–Crippen LogP) is 11.2. The van der Waals surface area contributed by atoms with Gasteiger partial charge in [0, 0.05) is 19.3 Å². The molecule has 0 saturated heterocycles. The van der Waals surface area contributed by atoms with Gasteiger partial charge >= 0.3 is 17.9 Å². The Hall–Kier alpha value is -1.59. The van der Waals surface area contributed by atoms with Crippen LogP contribution in [0, 0.1) is 5.92 Å². The van der Waals surface area contributed by atoms with E-state index in [0.29, 0.717) is 19.3 Å². The molecule has 0 spiro atoms. The molecule has 0 bridgehead atoms. The minimum atomic E-state index is -0.755. The molecule has 0 saturated carbocycles. The number of rotatable bonds is 33. The monoisotopic (exact) mass is 625 g/mol. The Bertz CT molecular complexity index is 664. The predicted molar refractivity (Wildman–Crippen MR) is 183 cm³/mol. The largest absolute Gasteiger partial charge is 0.462 e. The second-order valence-electron chi connectivity index (χ2n) is 13.1. The van der Waals surface area contributed by atoms with Crippen LogP contribution in [0.1, 0.15) is 201 Å². The Morgan fingerprint density at radius 2 is 0.795 bits per heavy atom. The van der Waals surface area contributed by atoms with E-state index in [0.717, 1.165) is 70.1 Å². The van der Waals surface area contributed by atoms with Crippen molar-refractivity contribution in [3.8, 4) is 0 Å². The fourth-order valence-electron chi connectivity index (χ4n) is 5.36. The summed E-state index contributed by atoms with van der Waals surface area (Å²) in [6.07, 6.45) is 28.3. The Labute approximate surface area is 272 Å². The first-order valence-electron chi connectivity index (χ1n) is 18.9. The zero-order chi connectivity index (χ0) is 32.5. The molecule has 0 aromatic heterocycles. The van der Waals surface area contributed by atoms with Gasteiger partial charge in [-0.1, -0.05) is 163 Å². The maximum absolute atomic E-state index is 12.4. The lowest BCUT2D eigenvalue weighted by Crippen LogP contribution is -2.30. The number of ether oxygens (including phenoxy) is 3. The summed E-state index contributed by atoms with van der Waals surface area (Å²) in [5, 5.41) is 0. The van der Waals surface area contributed by atoms with Gasteiger partial charge < -0.3 is 14.2 Å². The molecule has 0 fully saturated rings. The average molecular weight is 625 g/mol. The van der Waals surface area contributed by atoms with Crippen molar-refractivity contribution in [2.45, 2.75) is 207 Å². The van der Waals surface area contributed by atoms with Crippen molar-refractivity contribution in [1.29, 1.82) is 0 Å². The summed E-state index contributed by atoms with van der Waals surface area (Å²) in [7, 11) is 0. The van der Waals surface area contributed by atoms with E-state index in [-0.39, 0.29) is 31.1 Å². The van der Waals surface area contributed by atoms with Gasteiger partial charge in [-0.05, 0) is 25.2 Å². The van der Waals surface area contributed by atoms with Gasteiger partial charge in [-0.2, -0.15) is 0 Å². The van der Waals surface area contributed by atoms with Crippen molar-refractivity contribution >= 4 is 17.9 Å². The highest BCUT2D eigenvalue weighted by molar-refractivity contribution is 5.71. The molecule has 260 valence electrons. The normalized spacial score (nSPS) is 12.5. The maximum atomic E-state index is 12.4. The third kappa shape index (κ3) is 30.4. The molecule has 0 aliphatic carbocycles. The van der Waals surface area contributed by atoms with E-state index in [4.69, 9.17) is 14.2 Å². The summed E-state index contributed by atoms with van der Waals surface area (Å²) in [6, 6.07) is 0. The summed E-state index contributed by atoms with van der Waals surface area (Å²) >= 11 is 0. The van der Waals surface area contributed by atoms with Gasteiger partial charge in [-0.15, -0.1) is 0 Å². The lowest BCUT2D eigenvalue weighted by Gasteiger charge is -2.18. The molecule has 0 aliphatic rings. The molecule has 0 radical (unpaired) electrons. The maximum Gasteiger partial charge on any atom is 0.306 e. The molecule has 1 unspecified atom stereocenters. The van der Waals surface area contributed by atoms with Crippen LogP contribution in [0.4, 0.5) is 0 Å². The Kier molecular flexibility index (Phi) is 31.6. The van der Waals surface area contributed by atoms with E-state index < -0.39 is 6.10 Å². The van der Waals surface area contributed by atoms with Crippen LogP contribution >= 0.6 is 0 Å². The van der Waals surface area contributed by atoms with Gasteiger partial charge in [0.05, 0.1) is 0 Å². The molecule has 0 aromatic rings. The zero-order valence-corrected chi connectivity index (χ0v) is 29.6. The fourth-order valence-corrected chi connectivity index (χ4v) is 5.36. The van der Waals surface area contributed by atoms with Crippen LogP contribution in [-0.4, -0.2) is 37.2 Å². The fraction of sp³-hybridized carbons (Fsp3) is 0.921. The van der Waals surface area contributed by atoms with E-state index in [1.54, 1.807) is 0 Å². The molecule has 6 heteroatoms. The molecule has 44 heavy (non-hydrogen) atoms. The highest BCUT2D eigenvalue weighted by Gasteiger charge is 2.19. The number of carbonyl (C=O) groups is 3. The van der Waals surface area contributed by atoms with Crippen LogP contribution < -0.4 is 0 Å². The van der Waals surface area contributed by atoms with Crippen molar-refractivity contribution in [3.63, 3.8) is 0 Å². The lowest BCUT2D eigenvalue weighted by atomic mass is 9.99. The number of carbonyl (C=O) groups excluding carboxylic acids is 3. The third-order valence-electron chi connectivity index (χ3n) is 8.65. The minimum absolute atomic E-state index is 0.0670. The van der Waals surface area contributed by atoms with Crippen molar-refractivity contribution in [3.05, 3.63) is 0 Å². The Morgan fingerprint density at radius 3 is 1.18 bits per heavy atom. The summed E-state index contributed by atoms with van der Waals surface area (Å²) < 4.78 is 16.5. The smallest absolute Gasteiger partial charge is 0.306 e. The second-order valence-corrected chi connectivity index (χ2v) is 13.1. The van der Waals surface area contributed by atoms with Crippen LogP contribution in [0.15, 0.2) is 0 Å². The van der Waals surface area contributed by atoms with Gasteiger partial charge in [0.1, 0.15) is 13.2 Å². The second kappa shape index (κ2) is 32.8. The summed E-state index contributed by atoms with van der Waals surface area (Å²) in [6.45, 7) is 8.86. The van der Waals surface area contributed by atoms with Crippen molar-refractivity contribution in [1.82, 2.24) is 0 Å². The van der Waals surface area contributed by atoms with Gasteiger partial charge in [-0.25, -0.2) is 0 Å². The van der Waals surface area contributed by atoms with Crippen LogP contribution in [0.3, 0.4) is 0 Å². The first-order valence-corrected chi connectivity index (χ1v) is 18.9. The SMILES string of the molecule is CCCCCCCCCCCC(=O)OC[C@@H](COC(=O)CCCCCCCCCCC(C)CC)OC(=O)CCCCCCC. The third-order valence-corrected chi connectivity index (χ3v) is 8.65. The first-order chi connectivity index (χ1) is 21.4. The zero-order valence-electron chi connectivity index (χ0n) is 29.6. The van der Waals surface area contributed by atoms with Gasteiger partial charge in [0.2, 0.25) is 0 Å². The number of hydrogen-bond acceptors (Lipinski definition) is 6. The van der Waals surface area contributed by atoms with Crippen LogP contribution in [0.25, 0.3) is 0 Å². The van der Waals surface area contributed by atoms with Crippen molar-refractivity contribution in [2.75, 3.05) is 13.2 Å². The average Bonchev–Trinajstić information content (AvgIpc) is 3.02. The molecule has 0 aliphatic heterocycles. The van der Waals surface area contributed by atoms with Gasteiger partial charge in [0.25, 0.3) is 0 Å². The molecule has 6 nitrogen and oxygen atoms in total.